The quantitative estimate of drug-likeness (QED) is 0.696. The fraction of sp³-hybridized carbons (Fsp3) is 0.500. The van der Waals surface area contributed by atoms with Crippen molar-refractivity contribution in [3.63, 3.8) is 0 Å². The summed E-state index contributed by atoms with van der Waals surface area (Å²) >= 11 is 0. The number of aryl methyl sites for hydroxylation is 1. The van der Waals surface area contributed by atoms with Crippen molar-refractivity contribution in [1.29, 1.82) is 0 Å². The molecule has 0 amide bonds. The van der Waals surface area contributed by atoms with Crippen LogP contribution in [-0.4, -0.2) is 30.1 Å². The highest BCUT2D eigenvalue weighted by atomic mass is 15.2. The summed E-state index contributed by atoms with van der Waals surface area (Å²) in [5.74, 6) is 1.71. The normalized spacial score (nSPS) is 9.92. The Balaban J connectivity index is 2.73. The van der Waals surface area contributed by atoms with Gasteiger partial charge in [-0.3, -0.25) is 0 Å². The van der Waals surface area contributed by atoms with Crippen molar-refractivity contribution in [3.05, 3.63) is 18.1 Å². The van der Waals surface area contributed by atoms with Crippen molar-refractivity contribution in [3.8, 4) is 0 Å². The van der Waals surface area contributed by atoms with Crippen LogP contribution in [0, 0.1) is 6.92 Å². The molecule has 1 aromatic rings. The number of hydrogen-bond donors (Lipinski definition) is 1. The molecule has 0 radical (unpaired) electrons. The van der Waals surface area contributed by atoms with Gasteiger partial charge in [-0.25, -0.2) is 9.97 Å². The maximum absolute atomic E-state index is 5.42. The first-order valence-corrected chi connectivity index (χ1v) is 3.95. The summed E-state index contributed by atoms with van der Waals surface area (Å²) in [6, 6.07) is 1.88. The lowest BCUT2D eigenvalue weighted by atomic mass is 10.5. The predicted octanol–water partition coefficient (Wildman–Crippen LogP) is 0.180. The molecule has 12 heavy (non-hydrogen) atoms. The second-order valence-corrected chi connectivity index (χ2v) is 2.67. The van der Waals surface area contributed by atoms with Gasteiger partial charge < -0.3 is 10.6 Å². The van der Waals surface area contributed by atoms with E-state index in [4.69, 9.17) is 5.73 Å². The van der Waals surface area contributed by atoms with Gasteiger partial charge >= 0.3 is 0 Å². The van der Waals surface area contributed by atoms with E-state index in [-0.39, 0.29) is 0 Å². The molecular formula is C8H14N4. The van der Waals surface area contributed by atoms with E-state index >= 15 is 0 Å². The molecule has 4 heteroatoms. The SMILES string of the molecule is Cc1nccc(N(C)CCN)n1. The minimum Gasteiger partial charge on any atom is -0.358 e. The molecule has 0 saturated heterocycles. The molecule has 0 bridgehead atoms. The second-order valence-electron chi connectivity index (χ2n) is 2.67. The van der Waals surface area contributed by atoms with E-state index in [1.54, 1.807) is 6.20 Å². The number of likely N-dealkylation sites (N-methyl/N-ethyl adjacent to an activating group) is 1. The van der Waals surface area contributed by atoms with E-state index < -0.39 is 0 Å². The highest BCUT2D eigenvalue weighted by molar-refractivity contribution is 5.35. The molecule has 2 N–H and O–H groups in total. The first kappa shape index (κ1) is 8.93. The van der Waals surface area contributed by atoms with E-state index in [2.05, 4.69) is 9.97 Å². The Kier molecular flexibility index (Phi) is 2.99. The predicted molar refractivity (Wildman–Crippen MR) is 49.1 cm³/mol. The van der Waals surface area contributed by atoms with Crippen LogP contribution in [0.1, 0.15) is 5.82 Å². The van der Waals surface area contributed by atoms with E-state index in [1.165, 1.54) is 0 Å². The van der Waals surface area contributed by atoms with Crippen LogP contribution in [0.25, 0.3) is 0 Å². The van der Waals surface area contributed by atoms with Crippen molar-refractivity contribution in [2.45, 2.75) is 6.92 Å². The van der Waals surface area contributed by atoms with Gasteiger partial charge in [0.15, 0.2) is 0 Å². The maximum Gasteiger partial charge on any atom is 0.132 e. The molecule has 0 unspecified atom stereocenters. The molecule has 0 aliphatic heterocycles. The fourth-order valence-electron chi connectivity index (χ4n) is 0.965. The average Bonchev–Trinajstić information content (AvgIpc) is 2.05. The number of hydrogen-bond acceptors (Lipinski definition) is 4. The van der Waals surface area contributed by atoms with Crippen LogP contribution in [0.2, 0.25) is 0 Å². The Hall–Kier alpha value is -1.16. The summed E-state index contributed by atoms with van der Waals surface area (Å²) in [6.45, 7) is 3.33. The highest BCUT2D eigenvalue weighted by Gasteiger charge is 2.00. The van der Waals surface area contributed by atoms with Crippen molar-refractivity contribution >= 4 is 5.82 Å². The van der Waals surface area contributed by atoms with Crippen LogP contribution in [-0.2, 0) is 0 Å². The summed E-state index contributed by atoms with van der Waals surface area (Å²) in [5, 5.41) is 0. The molecule has 1 aromatic heterocycles. The van der Waals surface area contributed by atoms with Crippen LogP contribution in [0.5, 0.6) is 0 Å². The summed E-state index contributed by atoms with van der Waals surface area (Å²) < 4.78 is 0. The second kappa shape index (κ2) is 4.01. The zero-order chi connectivity index (χ0) is 8.97. The van der Waals surface area contributed by atoms with Gasteiger partial charge in [-0.15, -0.1) is 0 Å². The van der Waals surface area contributed by atoms with E-state index in [0.29, 0.717) is 6.54 Å². The van der Waals surface area contributed by atoms with Gasteiger partial charge in [0.2, 0.25) is 0 Å². The van der Waals surface area contributed by atoms with Gasteiger partial charge in [0, 0.05) is 26.3 Å². The number of anilines is 1. The summed E-state index contributed by atoms with van der Waals surface area (Å²) in [4.78, 5) is 10.3. The van der Waals surface area contributed by atoms with Gasteiger partial charge in [0.05, 0.1) is 0 Å². The molecule has 0 aromatic carbocycles. The molecular weight excluding hydrogens is 152 g/mol. The van der Waals surface area contributed by atoms with Gasteiger partial charge in [-0.1, -0.05) is 0 Å². The highest BCUT2D eigenvalue weighted by Crippen LogP contribution is 2.05. The number of nitrogens with zero attached hydrogens (tertiary/aromatic N) is 3. The fourth-order valence-corrected chi connectivity index (χ4v) is 0.965. The summed E-state index contributed by atoms with van der Waals surface area (Å²) in [7, 11) is 1.97. The Labute approximate surface area is 72.4 Å². The molecule has 0 aliphatic rings. The lowest BCUT2D eigenvalue weighted by Crippen LogP contribution is -2.25. The van der Waals surface area contributed by atoms with Gasteiger partial charge in [0.25, 0.3) is 0 Å². The zero-order valence-corrected chi connectivity index (χ0v) is 7.49. The Morgan fingerprint density at radius 1 is 1.58 bits per heavy atom. The van der Waals surface area contributed by atoms with Crippen molar-refractivity contribution in [1.82, 2.24) is 9.97 Å². The van der Waals surface area contributed by atoms with Crippen LogP contribution in [0.15, 0.2) is 12.3 Å². The monoisotopic (exact) mass is 166 g/mol. The zero-order valence-electron chi connectivity index (χ0n) is 7.49. The van der Waals surface area contributed by atoms with Crippen LogP contribution < -0.4 is 10.6 Å². The topological polar surface area (TPSA) is 55.0 Å². The first-order valence-electron chi connectivity index (χ1n) is 3.95. The third-order valence-electron chi connectivity index (χ3n) is 1.62. The lowest BCUT2D eigenvalue weighted by molar-refractivity contribution is 0.856. The van der Waals surface area contributed by atoms with E-state index in [1.807, 2.05) is 24.9 Å². The largest absolute Gasteiger partial charge is 0.358 e. The molecule has 66 valence electrons. The molecule has 1 heterocycles. The molecule has 4 nitrogen and oxygen atoms in total. The average molecular weight is 166 g/mol. The molecule has 0 spiro atoms. The summed E-state index contributed by atoms with van der Waals surface area (Å²) in [6.07, 6.45) is 1.75. The van der Waals surface area contributed by atoms with E-state index in [9.17, 15) is 0 Å². The van der Waals surface area contributed by atoms with Crippen molar-refractivity contribution < 1.29 is 0 Å². The molecule has 0 saturated carbocycles. The molecule has 1 rings (SSSR count). The number of aromatic nitrogens is 2. The number of rotatable bonds is 3. The van der Waals surface area contributed by atoms with Crippen molar-refractivity contribution in [2.24, 2.45) is 5.73 Å². The van der Waals surface area contributed by atoms with Gasteiger partial charge in [-0.2, -0.15) is 0 Å². The molecule has 0 fully saturated rings. The number of nitrogens with two attached hydrogens (primary N) is 1. The van der Waals surface area contributed by atoms with Gasteiger partial charge in [0.1, 0.15) is 11.6 Å². The van der Waals surface area contributed by atoms with Crippen LogP contribution in [0.4, 0.5) is 5.82 Å². The third kappa shape index (κ3) is 2.17. The van der Waals surface area contributed by atoms with Crippen molar-refractivity contribution in [2.75, 3.05) is 25.0 Å². The third-order valence-corrected chi connectivity index (χ3v) is 1.62. The van der Waals surface area contributed by atoms with Crippen LogP contribution in [0.3, 0.4) is 0 Å². The lowest BCUT2D eigenvalue weighted by Gasteiger charge is -2.16. The smallest absolute Gasteiger partial charge is 0.132 e. The van der Waals surface area contributed by atoms with Gasteiger partial charge in [-0.05, 0) is 13.0 Å². The standard InChI is InChI=1S/C8H14N4/c1-7-10-5-3-8(11-7)12(2)6-4-9/h3,5H,4,6,9H2,1-2H3. The Morgan fingerprint density at radius 3 is 2.92 bits per heavy atom. The Morgan fingerprint density at radius 2 is 2.33 bits per heavy atom. The minimum absolute atomic E-state index is 0.638. The first-order chi connectivity index (χ1) is 5.74. The van der Waals surface area contributed by atoms with Crippen LogP contribution >= 0.6 is 0 Å². The minimum atomic E-state index is 0.638. The van der Waals surface area contributed by atoms with E-state index in [0.717, 1.165) is 18.2 Å². The summed E-state index contributed by atoms with van der Waals surface area (Å²) in [5.41, 5.74) is 5.42. The Bertz CT molecular complexity index is 249. The molecule has 0 aliphatic carbocycles. The molecule has 0 atom stereocenters. The maximum atomic E-state index is 5.42.